The molecule has 112 valence electrons. The lowest BCUT2D eigenvalue weighted by Crippen LogP contribution is -2.30. The Labute approximate surface area is 130 Å². The molecule has 0 spiro atoms. The van der Waals surface area contributed by atoms with E-state index in [-0.39, 0.29) is 18.0 Å². The number of ether oxygens (including phenoxy) is 1. The minimum Gasteiger partial charge on any atom is -0.492 e. The van der Waals surface area contributed by atoms with Crippen molar-refractivity contribution in [2.45, 2.75) is 4.90 Å². The van der Waals surface area contributed by atoms with Crippen molar-refractivity contribution in [3.05, 3.63) is 59.6 Å². The van der Waals surface area contributed by atoms with Crippen LogP contribution in [0.5, 0.6) is 5.75 Å². The highest BCUT2D eigenvalue weighted by atomic mass is 35.5. The van der Waals surface area contributed by atoms with Crippen molar-refractivity contribution in [1.29, 1.82) is 0 Å². The molecule has 2 aromatic carbocycles. The van der Waals surface area contributed by atoms with Crippen LogP contribution in [0.1, 0.15) is 0 Å². The number of hydrogen-bond acceptors (Lipinski definition) is 3. The summed E-state index contributed by atoms with van der Waals surface area (Å²) < 4.78 is 31.3. The molecule has 0 N–H and O–H groups in total. The second kappa shape index (κ2) is 6.93. The minimum atomic E-state index is -3.47. The van der Waals surface area contributed by atoms with E-state index in [0.29, 0.717) is 10.8 Å². The van der Waals surface area contributed by atoms with Crippen molar-refractivity contribution in [2.24, 2.45) is 0 Å². The summed E-state index contributed by atoms with van der Waals surface area (Å²) in [5.41, 5.74) is 0. The first-order valence-electron chi connectivity index (χ1n) is 6.40. The molecule has 0 atom stereocenters. The van der Waals surface area contributed by atoms with Gasteiger partial charge in [0.2, 0.25) is 10.0 Å². The van der Waals surface area contributed by atoms with Crippen molar-refractivity contribution in [3.8, 4) is 5.75 Å². The van der Waals surface area contributed by atoms with Crippen LogP contribution in [-0.2, 0) is 10.0 Å². The summed E-state index contributed by atoms with van der Waals surface area (Å²) in [5.74, 6) is 0.619. The Morgan fingerprint density at radius 3 is 2.48 bits per heavy atom. The molecule has 0 unspecified atom stereocenters. The third-order valence-electron chi connectivity index (χ3n) is 2.92. The molecule has 0 aliphatic rings. The van der Waals surface area contributed by atoms with Crippen molar-refractivity contribution in [3.63, 3.8) is 0 Å². The fourth-order valence-corrected chi connectivity index (χ4v) is 3.10. The topological polar surface area (TPSA) is 46.6 Å². The second-order valence-corrected chi connectivity index (χ2v) is 6.93. The number of nitrogens with zero attached hydrogens (tertiary/aromatic N) is 1. The van der Waals surface area contributed by atoms with Gasteiger partial charge in [0.05, 0.1) is 4.90 Å². The molecule has 6 heteroatoms. The number of rotatable bonds is 6. The van der Waals surface area contributed by atoms with Gasteiger partial charge in [0.15, 0.2) is 0 Å². The number of hydrogen-bond donors (Lipinski definition) is 0. The molecule has 0 heterocycles. The van der Waals surface area contributed by atoms with Crippen molar-refractivity contribution in [1.82, 2.24) is 4.31 Å². The van der Waals surface area contributed by atoms with E-state index in [1.54, 1.807) is 54.6 Å². The van der Waals surface area contributed by atoms with E-state index in [9.17, 15) is 8.42 Å². The maximum atomic E-state index is 12.3. The standard InChI is InChI=1S/C15H16ClNO3S/c1-17(21(18,19)15-8-3-2-4-9-15)10-11-20-14-7-5-6-13(16)12-14/h2-9,12H,10-11H2,1H3. The summed E-state index contributed by atoms with van der Waals surface area (Å²) in [7, 11) is -1.94. The van der Waals surface area contributed by atoms with Crippen LogP contribution in [0, 0.1) is 0 Å². The van der Waals surface area contributed by atoms with Crippen LogP contribution < -0.4 is 4.74 Å². The molecular formula is C15H16ClNO3S. The maximum Gasteiger partial charge on any atom is 0.242 e. The third-order valence-corrected chi connectivity index (χ3v) is 5.03. The molecule has 21 heavy (non-hydrogen) atoms. The zero-order chi connectivity index (χ0) is 15.3. The second-order valence-electron chi connectivity index (χ2n) is 4.45. The SMILES string of the molecule is CN(CCOc1cccc(Cl)c1)S(=O)(=O)c1ccccc1. The zero-order valence-corrected chi connectivity index (χ0v) is 13.1. The molecule has 0 bridgehead atoms. The lowest BCUT2D eigenvalue weighted by molar-refractivity contribution is 0.287. The van der Waals surface area contributed by atoms with Gasteiger partial charge in [0, 0.05) is 18.6 Å². The Hall–Kier alpha value is -1.56. The molecule has 0 radical (unpaired) electrons. The van der Waals surface area contributed by atoms with E-state index < -0.39 is 10.0 Å². The van der Waals surface area contributed by atoms with Gasteiger partial charge in [-0.2, -0.15) is 4.31 Å². The van der Waals surface area contributed by atoms with Crippen LogP contribution in [-0.4, -0.2) is 32.9 Å². The van der Waals surface area contributed by atoms with E-state index in [1.807, 2.05) is 0 Å². The van der Waals surface area contributed by atoms with Crippen molar-refractivity contribution in [2.75, 3.05) is 20.2 Å². The Morgan fingerprint density at radius 2 is 1.81 bits per heavy atom. The molecule has 0 saturated carbocycles. The molecule has 0 aliphatic heterocycles. The van der Waals surface area contributed by atoms with Gasteiger partial charge < -0.3 is 4.74 Å². The van der Waals surface area contributed by atoms with Crippen molar-refractivity contribution >= 4 is 21.6 Å². The quantitative estimate of drug-likeness (QED) is 0.820. The molecule has 0 saturated heterocycles. The number of likely N-dealkylation sites (N-methyl/N-ethyl adjacent to an activating group) is 1. The zero-order valence-electron chi connectivity index (χ0n) is 11.6. The van der Waals surface area contributed by atoms with E-state index in [4.69, 9.17) is 16.3 Å². The first-order valence-corrected chi connectivity index (χ1v) is 8.22. The van der Waals surface area contributed by atoms with Crippen LogP contribution in [0.15, 0.2) is 59.5 Å². The minimum absolute atomic E-state index is 0.253. The van der Waals surface area contributed by atoms with Gasteiger partial charge >= 0.3 is 0 Å². The van der Waals surface area contributed by atoms with E-state index >= 15 is 0 Å². The summed E-state index contributed by atoms with van der Waals surface area (Å²) in [5, 5.41) is 0.581. The highest BCUT2D eigenvalue weighted by molar-refractivity contribution is 7.89. The summed E-state index contributed by atoms with van der Waals surface area (Å²) in [4.78, 5) is 0.273. The Balaban J connectivity index is 1.94. The predicted octanol–water partition coefficient (Wildman–Crippen LogP) is 3.04. The van der Waals surface area contributed by atoms with Crippen LogP contribution in [0.4, 0.5) is 0 Å². The Morgan fingerprint density at radius 1 is 1.10 bits per heavy atom. The summed E-state index contributed by atoms with van der Waals surface area (Å²) in [6.45, 7) is 0.507. The molecule has 2 rings (SSSR count). The maximum absolute atomic E-state index is 12.3. The fraction of sp³-hybridized carbons (Fsp3) is 0.200. The average Bonchev–Trinajstić information content (AvgIpc) is 2.48. The first kappa shape index (κ1) is 15.8. The summed E-state index contributed by atoms with van der Waals surface area (Å²) >= 11 is 5.85. The molecular weight excluding hydrogens is 310 g/mol. The molecule has 0 fully saturated rings. The van der Waals surface area contributed by atoms with Gasteiger partial charge in [-0.1, -0.05) is 35.9 Å². The monoisotopic (exact) mass is 325 g/mol. The number of sulfonamides is 1. The third kappa shape index (κ3) is 4.20. The van der Waals surface area contributed by atoms with E-state index in [1.165, 1.54) is 11.4 Å². The highest BCUT2D eigenvalue weighted by Crippen LogP contribution is 2.17. The van der Waals surface area contributed by atoms with Gasteiger partial charge in [0.1, 0.15) is 12.4 Å². The molecule has 0 amide bonds. The van der Waals surface area contributed by atoms with Crippen LogP contribution in [0.3, 0.4) is 0 Å². The van der Waals surface area contributed by atoms with Crippen molar-refractivity contribution < 1.29 is 13.2 Å². The lowest BCUT2D eigenvalue weighted by Gasteiger charge is -2.17. The first-order chi connectivity index (χ1) is 10.00. The largest absolute Gasteiger partial charge is 0.492 e. The van der Waals surface area contributed by atoms with E-state index in [2.05, 4.69) is 0 Å². The average molecular weight is 326 g/mol. The predicted molar refractivity (Wildman–Crippen MR) is 83.2 cm³/mol. The molecule has 4 nitrogen and oxygen atoms in total. The normalized spacial score (nSPS) is 11.6. The fourth-order valence-electron chi connectivity index (χ4n) is 1.74. The van der Waals surface area contributed by atoms with Crippen LogP contribution in [0.2, 0.25) is 5.02 Å². The van der Waals surface area contributed by atoms with Gasteiger partial charge in [-0.3, -0.25) is 0 Å². The van der Waals surface area contributed by atoms with E-state index in [0.717, 1.165) is 0 Å². The Bertz CT molecular complexity index is 689. The Kier molecular flexibility index (Phi) is 5.22. The molecule has 0 aliphatic carbocycles. The highest BCUT2D eigenvalue weighted by Gasteiger charge is 2.19. The van der Waals surface area contributed by atoms with Crippen LogP contribution in [0.25, 0.3) is 0 Å². The molecule has 0 aromatic heterocycles. The summed E-state index contributed by atoms with van der Waals surface area (Å²) in [6, 6.07) is 15.3. The number of halogens is 1. The van der Waals surface area contributed by atoms with Gasteiger partial charge in [-0.15, -0.1) is 0 Å². The van der Waals surface area contributed by atoms with Crippen LogP contribution >= 0.6 is 11.6 Å². The lowest BCUT2D eigenvalue weighted by atomic mass is 10.3. The molecule has 2 aromatic rings. The number of benzene rings is 2. The van der Waals surface area contributed by atoms with Gasteiger partial charge in [-0.25, -0.2) is 8.42 Å². The smallest absolute Gasteiger partial charge is 0.242 e. The van der Waals surface area contributed by atoms with Gasteiger partial charge in [0.25, 0.3) is 0 Å². The summed E-state index contributed by atoms with van der Waals surface area (Å²) in [6.07, 6.45) is 0. The van der Waals surface area contributed by atoms with Gasteiger partial charge in [-0.05, 0) is 30.3 Å².